The molecule has 0 radical (unpaired) electrons. The summed E-state index contributed by atoms with van der Waals surface area (Å²) in [7, 11) is 1.53. The predicted octanol–water partition coefficient (Wildman–Crippen LogP) is 3.36. The highest BCUT2D eigenvalue weighted by Gasteiger charge is 2.47. The van der Waals surface area contributed by atoms with E-state index < -0.39 is 0 Å². The molecule has 3 atom stereocenters. The maximum absolute atomic E-state index is 12.9. The summed E-state index contributed by atoms with van der Waals surface area (Å²) in [6.45, 7) is 6.44. The molecule has 156 valence electrons. The Balaban J connectivity index is 1.43. The lowest BCUT2D eigenvalue weighted by molar-refractivity contribution is -0.134. The number of nitrogens with zero attached hydrogens (tertiary/aromatic N) is 3. The first kappa shape index (κ1) is 20.2. The molecule has 0 bridgehead atoms. The molecule has 2 fully saturated rings. The zero-order valence-electron chi connectivity index (χ0n) is 17.8. The van der Waals surface area contributed by atoms with E-state index >= 15 is 0 Å². The van der Waals surface area contributed by atoms with Gasteiger partial charge in [0.05, 0.1) is 12.8 Å². The lowest BCUT2D eigenvalue weighted by Gasteiger charge is -2.51. The molecule has 30 heavy (non-hydrogen) atoms. The molecule has 2 aromatic rings. The molecule has 1 saturated heterocycles. The summed E-state index contributed by atoms with van der Waals surface area (Å²) in [4.78, 5) is 19.3. The molecule has 1 amide bonds. The molecule has 6 heteroatoms. The molecule has 1 aromatic heterocycles. The Hall–Kier alpha value is -3.07. The van der Waals surface area contributed by atoms with E-state index in [2.05, 4.69) is 47.3 Å². The number of piperidine rings is 1. The number of fused-ring (bicyclic) bond motifs is 1. The van der Waals surface area contributed by atoms with Crippen LogP contribution in [0.15, 0.2) is 30.5 Å². The van der Waals surface area contributed by atoms with Gasteiger partial charge in [0.15, 0.2) is 0 Å². The summed E-state index contributed by atoms with van der Waals surface area (Å²) in [5, 5.41) is 12.7. The van der Waals surface area contributed by atoms with Crippen LogP contribution in [-0.4, -0.2) is 31.1 Å². The summed E-state index contributed by atoms with van der Waals surface area (Å²) >= 11 is 0. The highest BCUT2D eigenvalue weighted by molar-refractivity contribution is 5.80. The Morgan fingerprint density at radius 2 is 2.20 bits per heavy atom. The molecule has 4 rings (SSSR count). The van der Waals surface area contributed by atoms with Crippen molar-refractivity contribution in [1.82, 2.24) is 10.3 Å². The van der Waals surface area contributed by atoms with Crippen LogP contribution in [0.3, 0.4) is 0 Å². The van der Waals surface area contributed by atoms with Gasteiger partial charge in [-0.3, -0.25) is 4.79 Å². The van der Waals surface area contributed by atoms with Crippen LogP contribution in [0.4, 0.5) is 5.69 Å². The van der Waals surface area contributed by atoms with E-state index in [1.807, 2.05) is 12.1 Å². The first-order chi connectivity index (χ1) is 14.5. The number of carbonyl (C=O) groups is 1. The highest BCUT2D eigenvalue weighted by Crippen LogP contribution is 2.47. The van der Waals surface area contributed by atoms with Gasteiger partial charge >= 0.3 is 0 Å². The van der Waals surface area contributed by atoms with Gasteiger partial charge in [0, 0.05) is 31.7 Å². The van der Waals surface area contributed by atoms with Crippen LogP contribution in [-0.2, 0) is 11.3 Å². The SMILES string of the molecule is COc1nccc(N2CC[C@@H]3C[C@@H](C(=O)NCc4cccc(C)c4C)[C@@H]3C2)c1C#N. The number of benzene rings is 1. The Bertz CT molecular complexity index is 997. The minimum absolute atomic E-state index is 0.0391. The number of nitriles is 1. The minimum atomic E-state index is 0.0391. The number of aryl methyl sites for hydroxylation is 1. The second kappa shape index (κ2) is 8.35. The lowest BCUT2D eigenvalue weighted by Crippen LogP contribution is -2.55. The third kappa shape index (κ3) is 3.60. The number of amides is 1. The van der Waals surface area contributed by atoms with E-state index in [4.69, 9.17) is 4.74 Å². The number of pyridine rings is 1. The van der Waals surface area contributed by atoms with E-state index in [-0.39, 0.29) is 11.8 Å². The van der Waals surface area contributed by atoms with E-state index in [0.717, 1.165) is 31.6 Å². The van der Waals surface area contributed by atoms with Crippen LogP contribution in [0.25, 0.3) is 0 Å². The molecule has 2 aliphatic rings. The number of anilines is 1. The molecule has 1 aromatic carbocycles. The van der Waals surface area contributed by atoms with E-state index in [1.54, 1.807) is 6.20 Å². The Morgan fingerprint density at radius 3 is 2.97 bits per heavy atom. The number of ether oxygens (including phenoxy) is 1. The van der Waals surface area contributed by atoms with E-state index in [0.29, 0.717) is 29.8 Å². The van der Waals surface area contributed by atoms with Gasteiger partial charge < -0.3 is 15.0 Å². The second-order valence-corrected chi connectivity index (χ2v) is 8.40. The molecule has 1 aliphatic heterocycles. The zero-order valence-corrected chi connectivity index (χ0v) is 17.8. The molecule has 2 heterocycles. The van der Waals surface area contributed by atoms with Crippen molar-refractivity contribution in [1.29, 1.82) is 5.26 Å². The Labute approximate surface area is 177 Å². The standard InChI is InChI=1S/C24H28N4O2/c1-15-5-4-6-18(16(15)2)13-27-23(29)19-11-17-8-10-28(14-21(17)19)22-7-9-26-24(30-3)20(22)12-25/h4-7,9,17,19,21H,8,10-11,13-14H2,1-3H3,(H,27,29)/t17-,19-,21-/m1/s1. The smallest absolute Gasteiger partial charge is 0.233 e. The van der Waals surface area contributed by atoms with Gasteiger partial charge in [-0.05, 0) is 61.3 Å². The largest absolute Gasteiger partial charge is 0.480 e. The van der Waals surface area contributed by atoms with Crippen LogP contribution < -0.4 is 15.0 Å². The molecule has 1 N–H and O–H groups in total. The van der Waals surface area contributed by atoms with Gasteiger partial charge in [-0.2, -0.15) is 5.26 Å². The maximum Gasteiger partial charge on any atom is 0.233 e. The first-order valence-electron chi connectivity index (χ1n) is 10.5. The summed E-state index contributed by atoms with van der Waals surface area (Å²) in [5.74, 6) is 1.45. The number of carbonyl (C=O) groups excluding carboxylic acids is 1. The van der Waals surface area contributed by atoms with Gasteiger partial charge in [-0.15, -0.1) is 0 Å². The van der Waals surface area contributed by atoms with Crippen LogP contribution in [0.1, 0.15) is 35.1 Å². The molecular weight excluding hydrogens is 376 g/mol. The first-order valence-corrected chi connectivity index (χ1v) is 10.5. The van der Waals surface area contributed by atoms with Crippen molar-refractivity contribution < 1.29 is 9.53 Å². The number of nitrogens with one attached hydrogen (secondary N) is 1. The molecule has 0 spiro atoms. The maximum atomic E-state index is 12.9. The number of hydrogen-bond acceptors (Lipinski definition) is 5. The van der Waals surface area contributed by atoms with Crippen molar-refractivity contribution in [2.45, 2.75) is 33.2 Å². The van der Waals surface area contributed by atoms with Crippen LogP contribution in [0.5, 0.6) is 5.88 Å². The average Bonchev–Trinajstić information content (AvgIpc) is 2.75. The van der Waals surface area contributed by atoms with Crippen molar-refractivity contribution in [3.05, 3.63) is 52.7 Å². The van der Waals surface area contributed by atoms with Crippen LogP contribution >= 0.6 is 0 Å². The monoisotopic (exact) mass is 404 g/mol. The number of aromatic nitrogens is 1. The zero-order chi connectivity index (χ0) is 21.3. The lowest BCUT2D eigenvalue weighted by atomic mass is 9.61. The molecule has 0 unspecified atom stereocenters. The predicted molar refractivity (Wildman–Crippen MR) is 115 cm³/mol. The normalized spacial score (nSPS) is 22.5. The average molecular weight is 405 g/mol. The van der Waals surface area contributed by atoms with Crippen molar-refractivity contribution >= 4 is 11.6 Å². The van der Waals surface area contributed by atoms with Gasteiger partial charge in [0.25, 0.3) is 0 Å². The second-order valence-electron chi connectivity index (χ2n) is 8.40. The van der Waals surface area contributed by atoms with Crippen molar-refractivity contribution in [3.63, 3.8) is 0 Å². The topological polar surface area (TPSA) is 78.2 Å². The fraction of sp³-hybridized carbons (Fsp3) is 0.458. The van der Waals surface area contributed by atoms with Gasteiger partial charge in [-0.25, -0.2) is 4.98 Å². The quantitative estimate of drug-likeness (QED) is 0.827. The number of hydrogen-bond donors (Lipinski definition) is 1. The van der Waals surface area contributed by atoms with Gasteiger partial charge in [0.1, 0.15) is 11.6 Å². The molecular formula is C24H28N4O2. The number of rotatable bonds is 5. The van der Waals surface area contributed by atoms with Crippen LogP contribution in [0.2, 0.25) is 0 Å². The Morgan fingerprint density at radius 1 is 1.37 bits per heavy atom. The molecule has 6 nitrogen and oxygen atoms in total. The van der Waals surface area contributed by atoms with E-state index in [1.165, 1.54) is 23.8 Å². The summed E-state index contributed by atoms with van der Waals surface area (Å²) in [5.41, 5.74) is 4.98. The third-order valence-electron chi connectivity index (χ3n) is 6.93. The summed E-state index contributed by atoms with van der Waals surface area (Å²) in [6, 6.07) is 10.3. The Kier molecular flexibility index (Phi) is 5.63. The van der Waals surface area contributed by atoms with Crippen molar-refractivity contribution in [3.8, 4) is 11.9 Å². The minimum Gasteiger partial charge on any atom is -0.480 e. The van der Waals surface area contributed by atoms with Gasteiger partial charge in [0.2, 0.25) is 11.8 Å². The number of methoxy groups -OCH3 is 1. The van der Waals surface area contributed by atoms with Crippen molar-refractivity contribution in [2.24, 2.45) is 17.8 Å². The third-order valence-corrected chi connectivity index (χ3v) is 6.93. The highest BCUT2D eigenvalue weighted by atomic mass is 16.5. The van der Waals surface area contributed by atoms with E-state index in [9.17, 15) is 10.1 Å². The fourth-order valence-electron chi connectivity index (χ4n) is 4.88. The fourth-order valence-corrected chi connectivity index (χ4v) is 4.88. The molecule has 1 saturated carbocycles. The summed E-state index contributed by atoms with van der Waals surface area (Å²) < 4.78 is 5.26. The summed E-state index contributed by atoms with van der Waals surface area (Å²) in [6.07, 6.45) is 3.68. The molecule has 1 aliphatic carbocycles. The van der Waals surface area contributed by atoms with Crippen LogP contribution in [0, 0.1) is 42.9 Å². The van der Waals surface area contributed by atoms with Gasteiger partial charge in [-0.1, -0.05) is 18.2 Å². The van der Waals surface area contributed by atoms with Crippen molar-refractivity contribution in [2.75, 3.05) is 25.1 Å².